The molecule has 0 fully saturated rings. The normalized spacial score (nSPS) is 15.4. The topological polar surface area (TPSA) is 63.5 Å². The van der Waals surface area contributed by atoms with Crippen LogP contribution < -0.4 is 4.90 Å². The third-order valence-corrected chi connectivity index (χ3v) is 8.93. The van der Waals surface area contributed by atoms with E-state index in [0.717, 1.165) is 76.6 Å². The van der Waals surface area contributed by atoms with Gasteiger partial charge in [0.15, 0.2) is 0 Å². The Labute approximate surface area is 267 Å². The molecule has 0 saturated carbocycles. The quantitative estimate of drug-likeness (QED) is 0.132. The van der Waals surface area contributed by atoms with Crippen LogP contribution in [0, 0.1) is 6.92 Å². The lowest BCUT2D eigenvalue weighted by atomic mass is 9.85. The summed E-state index contributed by atoms with van der Waals surface area (Å²) in [4.78, 5) is 2.07. The Morgan fingerprint density at radius 2 is 1.42 bits per heavy atom. The molecule has 5 rings (SSSR count). The predicted molar refractivity (Wildman–Crippen MR) is 185 cm³/mol. The van der Waals surface area contributed by atoms with Crippen molar-refractivity contribution in [2.45, 2.75) is 45.4 Å². The van der Waals surface area contributed by atoms with Crippen molar-refractivity contribution in [1.29, 1.82) is 0 Å². The molecule has 4 aromatic rings. The van der Waals surface area contributed by atoms with Gasteiger partial charge in [-0.3, -0.25) is 0 Å². The van der Waals surface area contributed by atoms with Crippen LogP contribution in [0.25, 0.3) is 5.57 Å². The lowest BCUT2D eigenvalue weighted by Gasteiger charge is -2.27. The van der Waals surface area contributed by atoms with E-state index in [1.807, 2.05) is 50.2 Å². The van der Waals surface area contributed by atoms with Crippen molar-refractivity contribution < 1.29 is 17.5 Å². The van der Waals surface area contributed by atoms with Crippen LogP contribution in [0.4, 0.5) is 17.1 Å². The molecule has 0 spiro atoms. The van der Waals surface area contributed by atoms with Crippen molar-refractivity contribution in [2.24, 2.45) is 0 Å². The number of benzene rings is 4. The molecule has 4 aromatic carbocycles. The molecule has 5 nitrogen and oxygen atoms in total. The molecular formula is C39H40N2O3S. The van der Waals surface area contributed by atoms with Gasteiger partial charge in [-0.15, -0.1) is 0 Å². The van der Waals surface area contributed by atoms with Crippen molar-refractivity contribution in [3.63, 3.8) is 0 Å². The molecule has 1 aliphatic rings. The number of rotatable bonds is 10. The van der Waals surface area contributed by atoms with Crippen LogP contribution in [-0.4, -0.2) is 36.3 Å². The summed E-state index contributed by atoms with van der Waals surface area (Å²) in [5, 5.41) is 0. The molecule has 0 aromatic heterocycles. The lowest BCUT2D eigenvalue weighted by molar-refractivity contribution is -0.439. The first-order valence-electron chi connectivity index (χ1n) is 15.5. The highest BCUT2D eigenvalue weighted by atomic mass is 32.2. The summed E-state index contributed by atoms with van der Waals surface area (Å²) in [6, 6.07) is 33.4. The molecule has 0 saturated heterocycles. The summed E-state index contributed by atoms with van der Waals surface area (Å²) < 4.78 is 39.9. The maximum Gasteiger partial charge on any atom is 0.205 e. The van der Waals surface area contributed by atoms with Crippen LogP contribution in [0.1, 0.15) is 50.3 Å². The summed E-state index contributed by atoms with van der Waals surface area (Å²) in [5.41, 5.74) is 9.18. The molecule has 1 aliphatic carbocycles. The zero-order chi connectivity index (χ0) is 32.0. The van der Waals surface area contributed by atoms with Crippen LogP contribution in [0.2, 0.25) is 0 Å². The van der Waals surface area contributed by atoms with Gasteiger partial charge >= 0.3 is 0 Å². The van der Waals surface area contributed by atoms with Crippen LogP contribution in [0.15, 0.2) is 137 Å². The number of hydrogen-bond acceptors (Lipinski definition) is 4. The smallest absolute Gasteiger partial charge is 0.205 e. The number of anilines is 2. The molecule has 0 aliphatic heterocycles. The van der Waals surface area contributed by atoms with E-state index in [0.29, 0.717) is 5.56 Å². The van der Waals surface area contributed by atoms with Crippen LogP contribution in [0.5, 0.6) is 0 Å². The molecule has 230 valence electrons. The molecule has 0 amide bonds. The molecule has 0 atom stereocenters. The Morgan fingerprint density at radius 1 is 0.756 bits per heavy atom. The van der Waals surface area contributed by atoms with Gasteiger partial charge in [0.25, 0.3) is 0 Å². The maximum absolute atomic E-state index is 12.6. The summed E-state index contributed by atoms with van der Waals surface area (Å²) in [7, 11) is -4.74. The van der Waals surface area contributed by atoms with E-state index in [2.05, 4.69) is 84.0 Å². The Balaban J connectivity index is 1.72. The summed E-state index contributed by atoms with van der Waals surface area (Å²) in [6.07, 6.45) is 8.24. The molecule has 0 heterocycles. The Morgan fingerprint density at radius 3 is 2.04 bits per heavy atom. The van der Waals surface area contributed by atoms with E-state index in [9.17, 15) is 13.0 Å². The Hall–Kier alpha value is -4.52. The highest BCUT2D eigenvalue weighted by molar-refractivity contribution is 7.85. The van der Waals surface area contributed by atoms with Gasteiger partial charge in [0.2, 0.25) is 11.4 Å². The molecule has 0 N–H and O–H groups in total. The third kappa shape index (κ3) is 7.08. The van der Waals surface area contributed by atoms with Gasteiger partial charge in [-0.05, 0) is 84.5 Å². The molecular weight excluding hydrogens is 577 g/mol. The van der Waals surface area contributed by atoms with Gasteiger partial charge in [0.1, 0.15) is 16.7 Å². The van der Waals surface area contributed by atoms with Crippen molar-refractivity contribution in [3.8, 4) is 0 Å². The molecule has 0 unspecified atom stereocenters. The Kier molecular flexibility index (Phi) is 9.96. The van der Waals surface area contributed by atoms with Gasteiger partial charge in [-0.1, -0.05) is 74.5 Å². The Bertz CT molecular complexity index is 1900. The van der Waals surface area contributed by atoms with Crippen LogP contribution in [-0.2, 0) is 10.1 Å². The number of para-hydroxylation sites is 2. The van der Waals surface area contributed by atoms with E-state index in [-0.39, 0.29) is 4.90 Å². The van der Waals surface area contributed by atoms with Crippen LogP contribution in [0.3, 0.4) is 0 Å². The highest BCUT2D eigenvalue weighted by Crippen LogP contribution is 2.39. The van der Waals surface area contributed by atoms with E-state index < -0.39 is 10.1 Å². The summed E-state index contributed by atoms with van der Waals surface area (Å²) in [5.74, 6) is 0. The fraction of sp³-hybridized carbons (Fsp3) is 0.205. The number of nitrogens with zero attached hydrogens (tertiary/aromatic N) is 2. The second kappa shape index (κ2) is 14.1. The minimum atomic E-state index is -4.74. The van der Waals surface area contributed by atoms with Gasteiger partial charge in [-0.2, -0.15) is 4.58 Å². The molecule has 45 heavy (non-hydrogen) atoms. The van der Waals surface area contributed by atoms with Crippen molar-refractivity contribution in [3.05, 3.63) is 149 Å². The molecule has 0 radical (unpaired) electrons. The minimum Gasteiger partial charge on any atom is -0.744 e. The first-order valence-corrected chi connectivity index (χ1v) is 16.9. The molecule has 6 heteroatoms. The predicted octanol–water partition coefficient (Wildman–Crippen LogP) is 8.96. The van der Waals surface area contributed by atoms with E-state index in [4.69, 9.17) is 0 Å². The first kappa shape index (κ1) is 31.9. The first-order chi connectivity index (χ1) is 21.7. The summed E-state index contributed by atoms with van der Waals surface area (Å²) >= 11 is 0. The van der Waals surface area contributed by atoms with Crippen LogP contribution >= 0.6 is 0 Å². The molecule has 0 bridgehead atoms. The summed E-state index contributed by atoms with van der Waals surface area (Å²) in [6.45, 7) is 10.1. The van der Waals surface area contributed by atoms with Gasteiger partial charge in [0, 0.05) is 54.2 Å². The number of allylic oxidation sites excluding steroid dienone is 5. The van der Waals surface area contributed by atoms with Gasteiger partial charge < -0.3 is 9.45 Å². The average molecular weight is 617 g/mol. The fourth-order valence-electron chi connectivity index (χ4n) is 6.00. The van der Waals surface area contributed by atoms with Gasteiger partial charge in [0.05, 0.1) is 4.90 Å². The lowest BCUT2D eigenvalue weighted by Crippen LogP contribution is -2.18. The SMILES string of the molecule is CCCN(c1ccccc1)c1ccc(/C(=C2/C=CC(=[N+](CCC)c3ccccc3)C=C2C)c2ccccc2S(=O)(=O)[O-])c(C)c1. The second-order valence-electron chi connectivity index (χ2n) is 11.3. The highest BCUT2D eigenvalue weighted by Gasteiger charge is 2.24. The fourth-order valence-corrected chi connectivity index (χ4v) is 6.68. The van der Waals surface area contributed by atoms with E-state index in [1.165, 1.54) is 6.07 Å². The monoisotopic (exact) mass is 616 g/mol. The number of aryl methyl sites for hydroxylation is 1. The average Bonchev–Trinajstić information content (AvgIpc) is 3.04. The van der Waals surface area contributed by atoms with Gasteiger partial charge in [-0.25, -0.2) is 8.42 Å². The largest absolute Gasteiger partial charge is 0.744 e. The maximum atomic E-state index is 12.6. The number of hydrogen-bond donors (Lipinski definition) is 0. The van der Waals surface area contributed by atoms with E-state index in [1.54, 1.807) is 18.2 Å². The van der Waals surface area contributed by atoms with Crippen molar-refractivity contribution in [2.75, 3.05) is 18.0 Å². The zero-order valence-electron chi connectivity index (χ0n) is 26.4. The zero-order valence-corrected chi connectivity index (χ0v) is 27.2. The van der Waals surface area contributed by atoms with E-state index >= 15 is 0 Å². The van der Waals surface area contributed by atoms with Crippen molar-refractivity contribution in [1.82, 2.24) is 0 Å². The third-order valence-electron chi connectivity index (χ3n) is 8.04. The van der Waals surface area contributed by atoms with Crippen molar-refractivity contribution >= 4 is 38.5 Å². The second-order valence-corrected chi connectivity index (χ2v) is 12.6. The standard InChI is InChI=1S/C39H40N2O3S/c1-5-25-40(31-15-9-7-10-16-31)33-21-23-35(29(3)27-33)39(37-19-13-14-20-38(37)45(42,43)44)36-24-22-34(28-30(36)4)41(26-6-2)32-17-11-8-12-18-32/h7-24,27-28H,5-6,25-26H2,1-4H3. The minimum absolute atomic E-state index is 0.222.